The van der Waals surface area contributed by atoms with Crippen molar-refractivity contribution in [2.24, 2.45) is 0 Å². The number of nitrogens with zero attached hydrogens (tertiary/aromatic N) is 8. The van der Waals surface area contributed by atoms with Crippen LogP contribution in [0, 0.1) is 36.8 Å². The number of carbonyl (C=O) groups is 1. The molecule has 2 saturated heterocycles. The minimum absolute atomic E-state index is 0.0214. The second-order valence-electron chi connectivity index (χ2n) is 13.5. The van der Waals surface area contributed by atoms with Gasteiger partial charge in [0.15, 0.2) is 17.2 Å². The van der Waals surface area contributed by atoms with Gasteiger partial charge in [-0.25, -0.2) is 22.8 Å². The smallest absolute Gasteiger partial charge is 0.282 e. The third-order valence-electron chi connectivity index (χ3n) is 10.3. The van der Waals surface area contributed by atoms with Crippen molar-refractivity contribution >= 4 is 38.7 Å². The zero-order valence-corrected chi connectivity index (χ0v) is 28.4. The maximum atomic E-state index is 17.2. The van der Waals surface area contributed by atoms with E-state index in [0.29, 0.717) is 45.0 Å². The Kier molecular flexibility index (Phi) is 8.68. The summed E-state index contributed by atoms with van der Waals surface area (Å²) in [6.45, 7) is 9.69. The number of hydrogen-bond acceptors (Lipinski definition) is 8. The molecular formula is C37H37F3N8O2. The lowest BCUT2D eigenvalue weighted by atomic mass is 9.93. The lowest BCUT2D eigenvalue weighted by Crippen LogP contribution is -2.46. The molecule has 0 bridgehead atoms. The monoisotopic (exact) mass is 682 g/mol. The largest absolute Gasteiger partial charge is 0.471 e. The van der Waals surface area contributed by atoms with Crippen LogP contribution >= 0.6 is 0 Å². The fourth-order valence-electron chi connectivity index (χ4n) is 7.80. The zero-order chi connectivity index (χ0) is 35.4. The SMILES string of the molecule is C=C(F)C(=O)N1CC[C@H](n2nnc3c(O[C@@H](C)[C@@H]4CCCN4C)nc4c(F)c(-c5c(F)ccc6ccc(C)nc56)c(C)cc4c32)C[C@H]1CC#N. The van der Waals surface area contributed by atoms with Crippen molar-refractivity contribution in [3.63, 3.8) is 0 Å². The molecule has 0 saturated carbocycles. The predicted octanol–water partition coefficient (Wildman–Crippen LogP) is 6.88. The molecule has 2 aliphatic rings. The average Bonchev–Trinajstić information content (AvgIpc) is 3.73. The molecule has 5 aromatic rings. The summed E-state index contributed by atoms with van der Waals surface area (Å²) < 4.78 is 55.0. The molecule has 0 aliphatic carbocycles. The number of amides is 1. The fourth-order valence-corrected chi connectivity index (χ4v) is 7.80. The number of hydrogen-bond donors (Lipinski definition) is 0. The fraction of sp³-hybridized carbons (Fsp3) is 0.405. The number of halogens is 3. The third kappa shape index (κ3) is 5.61. The highest BCUT2D eigenvalue weighted by atomic mass is 19.1. The molecule has 2 aliphatic heterocycles. The van der Waals surface area contributed by atoms with Crippen molar-refractivity contribution in [1.82, 2.24) is 34.8 Å². The van der Waals surface area contributed by atoms with E-state index in [-0.39, 0.29) is 60.1 Å². The van der Waals surface area contributed by atoms with Crippen LogP contribution in [0.3, 0.4) is 0 Å². The van der Waals surface area contributed by atoms with Gasteiger partial charge in [0.2, 0.25) is 5.88 Å². The first kappa shape index (κ1) is 33.4. The number of pyridine rings is 2. The van der Waals surface area contributed by atoms with Gasteiger partial charge in [-0.3, -0.25) is 14.7 Å². The Hall–Kier alpha value is -5.09. The molecular weight excluding hydrogens is 645 g/mol. The number of nitriles is 1. The molecule has 10 nitrogen and oxygen atoms in total. The molecule has 7 rings (SSSR count). The number of ether oxygens (including phenoxy) is 1. The van der Waals surface area contributed by atoms with Gasteiger partial charge in [-0.2, -0.15) is 5.26 Å². The van der Waals surface area contributed by atoms with Crippen LogP contribution in [0.2, 0.25) is 0 Å². The normalized spacial score (nSPS) is 20.4. The maximum Gasteiger partial charge on any atom is 0.282 e. The van der Waals surface area contributed by atoms with E-state index in [2.05, 4.69) is 32.8 Å². The van der Waals surface area contributed by atoms with E-state index in [1.54, 1.807) is 30.7 Å². The van der Waals surface area contributed by atoms with E-state index in [9.17, 15) is 14.4 Å². The van der Waals surface area contributed by atoms with Crippen LogP contribution in [0.1, 0.15) is 56.3 Å². The number of aromatic nitrogens is 5. The lowest BCUT2D eigenvalue weighted by Gasteiger charge is -2.38. The summed E-state index contributed by atoms with van der Waals surface area (Å²) in [6, 6.07) is 9.57. The summed E-state index contributed by atoms with van der Waals surface area (Å²) in [5.74, 6) is -3.18. The minimum atomic E-state index is -1.09. The molecule has 0 radical (unpaired) electrons. The molecule has 0 N–H and O–H groups in total. The minimum Gasteiger partial charge on any atom is -0.471 e. The van der Waals surface area contributed by atoms with Crippen molar-refractivity contribution in [3.05, 3.63) is 65.6 Å². The number of carbonyl (C=O) groups excluding carboxylic acids is 1. The zero-order valence-electron chi connectivity index (χ0n) is 28.4. The van der Waals surface area contributed by atoms with Crippen LogP contribution in [0.25, 0.3) is 44.0 Å². The van der Waals surface area contributed by atoms with E-state index in [4.69, 9.17) is 9.72 Å². The molecule has 258 valence electrons. The molecule has 13 heteroatoms. The number of aryl methyl sites for hydroxylation is 2. The number of likely N-dealkylation sites (tertiary alicyclic amines) is 2. The van der Waals surface area contributed by atoms with Crippen molar-refractivity contribution in [2.45, 2.75) is 77.1 Å². The first-order valence-corrected chi connectivity index (χ1v) is 16.8. The highest BCUT2D eigenvalue weighted by Gasteiger charge is 2.36. The number of benzene rings is 2. The van der Waals surface area contributed by atoms with Gasteiger partial charge in [0, 0.05) is 46.2 Å². The number of piperidine rings is 1. The quantitative estimate of drug-likeness (QED) is 0.171. The van der Waals surface area contributed by atoms with Gasteiger partial charge in [-0.05, 0) is 89.9 Å². The highest BCUT2D eigenvalue weighted by Crippen LogP contribution is 2.42. The van der Waals surface area contributed by atoms with Crippen molar-refractivity contribution in [1.29, 1.82) is 5.26 Å². The van der Waals surface area contributed by atoms with Crippen molar-refractivity contribution < 1.29 is 22.7 Å². The van der Waals surface area contributed by atoms with E-state index in [1.165, 1.54) is 11.0 Å². The van der Waals surface area contributed by atoms with E-state index in [0.717, 1.165) is 19.4 Å². The van der Waals surface area contributed by atoms with Crippen molar-refractivity contribution in [3.8, 4) is 23.1 Å². The molecule has 4 atom stereocenters. The molecule has 0 unspecified atom stereocenters. The second kappa shape index (κ2) is 13.0. The van der Waals surface area contributed by atoms with Gasteiger partial charge < -0.3 is 9.64 Å². The van der Waals surface area contributed by atoms with Crippen LogP contribution in [0.15, 0.2) is 42.7 Å². The molecule has 1 amide bonds. The Morgan fingerprint density at radius 1 is 1.10 bits per heavy atom. The third-order valence-corrected chi connectivity index (χ3v) is 10.3. The summed E-state index contributed by atoms with van der Waals surface area (Å²) in [5, 5.41) is 19.6. The summed E-state index contributed by atoms with van der Waals surface area (Å²) in [5.41, 5.74) is 2.32. The van der Waals surface area contributed by atoms with Crippen molar-refractivity contribution in [2.75, 3.05) is 20.1 Å². The first-order chi connectivity index (χ1) is 24.0. The lowest BCUT2D eigenvalue weighted by molar-refractivity contribution is -0.132. The maximum absolute atomic E-state index is 17.2. The summed E-state index contributed by atoms with van der Waals surface area (Å²) in [4.78, 5) is 25.5. The number of rotatable bonds is 7. The Balaban J connectivity index is 1.43. The van der Waals surface area contributed by atoms with Crippen LogP contribution in [0.5, 0.6) is 5.88 Å². The molecule has 2 aromatic carbocycles. The van der Waals surface area contributed by atoms with Crippen LogP contribution in [0.4, 0.5) is 13.2 Å². The van der Waals surface area contributed by atoms with Gasteiger partial charge >= 0.3 is 0 Å². The average molecular weight is 683 g/mol. The molecule has 0 spiro atoms. The van der Waals surface area contributed by atoms with Gasteiger partial charge in [-0.15, -0.1) is 5.10 Å². The first-order valence-electron chi connectivity index (χ1n) is 16.8. The number of fused-ring (bicyclic) bond motifs is 4. The van der Waals surface area contributed by atoms with Crippen LogP contribution in [-0.4, -0.2) is 79.0 Å². The molecule has 2 fully saturated rings. The van der Waals surface area contributed by atoms with Gasteiger partial charge in [0.25, 0.3) is 5.91 Å². The topological polar surface area (TPSA) is 113 Å². The van der Waals surface area contributed by atoms with Gasteiger partial charge in [0.05, 0.1) is 24.0 Å². The Bertz CT molecular complexity index is 2230. The Labute approximate surface area is 287 Å². The van der Waals surface area contributed by atoms with Crippen LogP contribution < -0.4 is 4.74 Å². The van der Waals surface area contributed by atoms with E-state index in [1.807, 2.05) is 26.1 Å². The van der Waals surface area contributed by atoms with Crippen LogP contribution in [-0.2, 0) is 4.79 Å². The standard InChI is InChI=1S/C37H37F3N8O2/c1-19-17-26-33(31(40)29(19)30-27(39)11-10-23-9-8-20(2)42-32(23)30)43-36(50-22(4)28-7-6-15-46(28)5)34-35(26)48(45-44-34)25-13-16-47(37(49)21(3)38)24(18-25)12-14-41/h8-11,17,22,24-25,28H,3,6-7,12-13,15-16,18H2,1-2,4-5H3/t22-,24+,25-,28-/m0/s1. The highest BCUT2D eigenvalue weighted by molar-refractivity contribution is 6.07. The van der Waals surface area contributed by atoms with E-state index < -0.39 is 29.4 Å². The Morgan fingerprint density at radius 2 is 1.88 bits per heavy atom. The second-order valence-corrected chi connectivity index (χ2v) is 13.5. The summed E-state index contributed by atoms with van der Waals surface area (Å²) >= 11 is 0. The van der Waals surface area contributed by atoms with Gasteiger partial charge in [0.1, 0.15) is 23.0 Å². The summed E-state index contributed by atoms with van der Waals surface area (Å²) in [7, 11) is 2.04. The summed E-state index contributed by atoms with van der Waals surface area (Å²) in [6.07, 6.45) is 2.25. The molecule has 3 aromatic heterocycles. The van der Waals surface area contributed by atoms with Gasteiger partial charge in [-0.1, -0.05) is 17.9 Å². The van der Waals surface area contributed by atoms with E-state index >= 15 is 8.78 Å². The molecule has 5 heterocycles. The predicted molar refractivity (Wildman–Crippen MR) is 183 cm³/mol. The number of likely N-dealkylation sites (N-methyl/N-ethyl adjacent to an activating group) is 1. The molecule has 50 heavy (non-hydrogen) atoms. The Morgan fingerprint density at radius 3 is 2.60 bits per heavy atom.